The van der Waals surface area contributed by atoms with Crippen molar-refractivity contribution in [1.29, 1.82) is 0 Å². The molecule has 0 aromatic rings. The number of alkyl halides is 11. The molecule has 0 aromatic carbocycles. The van der Waals surface area contributed by atoms with Crippen molar-refractivity contribution in [3.05, 3.63) is 0 Å². The van der Waals surface area contributed by atoms with Gasteiger partial charge in [-0.05, 0) is 12.8 Å². The van der Waals surface area contributed by atoms with E-state index in [-0.39, 0.29) is 0 Å². The molecule has 0 bridgehead atoms. The minimum Gasteiger partial charge on any atom is -0.447 e. The summed E-state index contributed by atoms with van der Waals surface area (Å²) in [7, 11) is 1.09. The first-order valence-electron chi connectivity index (χ1n) is 10.3. The number of amides is 1. The first-order chi connectivity index (χ1) is 17.1. The average molecular weight is 589 g/mol. The van der Waals surface area contributed by atoms with E-state index in [0.717, 1.165) is 7.11 Å². The van der Waals surface area contributed by atoms with Crippen LogP contribution in [0.1, 0.15) is 19.3 Å². The SMILES string of the molecule is CO[C@H]1O[C@H](COC(=O)NCCCCC(=O)C(F)(F)C(F)(F)C(F)(F)C(F)(F)C(F)(F)F)[C@@H](O)[C@H](O)[C@H]1O. The van der Waals surface area contributed by atoms with Crippen molar-refractivity contribution >= 4 is 11.9 Å². The van der Waals surface area contributed by atoms with Crippen LogP contribution in [0.25, 0.3) is 0 Å². The minimum absolute atomic E-state index is 0.489. The highest BCUT2D eigenvalue weighted by molar-refractivity contribution is 5.87. The second-order valence-electron chi connectivity index (χ2n) is 7.95. The number of hydrogen-bond donors (Lipinski definition) is 4. The predicted octanol–water partition coefficient (Wildman–Crippen LogP) is 2.01. The van der Waals surface area contributed by atoms with E-state index in [9.17, 15) is 73.2 Å². The molecule has 5 atom stereocenters. The number of aliphatic hydroxyl groups is 3. The molecule has 1 saturated heterocycles. The highest BCUT2D eigenvalue weighted by atomic mass is 19.4. The number of alkyl carbamates (subject to hydrolysis) is 1. The van der Waals surface area contributed by atoms with Crippen LogP contribution < -0.4 is 5.32 Å². The summed E-state index contributed by atoms with van der Waals surface area (Å²) in [6.07, 6.45) is -19.5. The number of rotatable bonds is 12. The number of carbonyl (C=O) groups is 2. The molecule has 224 valence electrons. The Hall–Kier alpha value is -2.03. The van der Waals surface area contributed by atoms with Gasteiger partial charge in [0.05, 0.1) is 0 Å². The van der Waals surface area contributed by atoms with Gasteiger partial charge in [0.1, 0.15) is 31.0 Å². The van der Waals surface area contributed by atoms with Crippen molar-refractivity contribution in [2.45, 2.75) is 79.8 Å². The van der Waals surface area contributed by atoms with Crippen LogP contribution in [0.15, 0.2) is 0 Å². The molecular weight excluding hydrogens is 567 g/mol. The number of ether oxygens (including phenoxy) is 3. The average Bonchev–Trinajstić information content (AvgIpc) is 2.80. The molecule has 1 amide bonds. The van der Waals surface area contributed by atoms with E-state index in [1.807, 2.05) is 5.32 Å². The largest absolute Gasteiger partial charge is 0.460 e. The van der Waals surface area contributed by atoms with Crippen molar-refractivity contribution in [3.63, 3.8) is 0 Å². The van der Waals surface area contributed by atoms with E-state index < -0.39 is 105 Å². The Morgan fingerprint density at radius 2 is 1.37 bits per heavy atom. The number of Topliss-reactive ketones (excluding diaryl/α,β-unsaturated/α-hetero) is 1. The predicted molar refractivity (Wildman–Crippen MR) is 97.7 cm³/mol. The van der Waals surface area contributed by atoms with Gasteiger partial charge in [-0.25, -0.2) is 4.79 Å². The lowest BCUT2D eigenvalue weighted by Gasteiger charge is -2.39. The monoisotopic (exact) mass is 589 g/mol. The molecule has 0 aliphatic carbocycles. The van der Waals surface area contributed by atoms with Gasteiger partial charge in [0.15, 0.2) is 6.29 Å². The van der Waals surface area contributed by atoms with Crippen LogP contribution in [0, 0.1) is 0 Å². The van der Waals surface area contributed by atoms with Crippen molar-refractivity contribution < 1.29 is 87.4 Å². The van der Waals surface area contributed by atoms with Crippen LogP contribution in [0.2, 0.25) is 0 Å². The van der Waals surface area contributed by atoms with E-state index in [2.05, 4.69) is 4.74 Å². The third-order valence-corrected chi connectivity index (χ3v) is 5.27. The van der Waals surface area contributed by atoms with E-state index >= 15 is 0 Å². The molecule has 0 unspecified atom stereocenters. The number of hydrogen-bond acceptors (Lipinski definition) is 8. The molecule has 1 aliphatic rings. The zero-order valence-electron chi connectivity index (χ0n) is 19.0. The first kappa shape index (κ1) is 34.0. The van der Waals surface area contributed by atoms with Crippen LogP contribution >= 0.6 is 0 Å². The minimum atomic E-state index is -7.68. The molecule has 0 radical (unpaired) electrons. The zero-order chi connectivity index (χ0) is 29.9. The molecule has 0 saturated carbocycles. The third kappa shape index (κ3) is 6.57. The summed E-state index contributed by atoms with van der Waals surface area (Å²) < 4.78 is 157. The second kappa shape index (κ2) is 12.0. The summed E-state index contributed by atoms with van der Waals surface area (Å²) in [5.74, 6) is -32.4. The summed E-state index contributed by atoms with van der Waals surface area (Å²) in [6.45, 7) is -1.24. The Bertz CT molecular complexity index is 825. The van der Waals surface area contributed by atoms with Gasteiger partial charge in [-0.15, -0.1) is 0 Å². The molecule has 20 heteroatoms. The van der Waals surface area contributed by atoms with Gasteiger partial charge >= 0.3 is 36.0 Å². The van der Waals surface area contributed by atoms with Gasteiger partial charge in [-0.1, -0.05) is 0 Å². The zero-order valence-corrected chi connectivity index (χ0v) is 19.0. The summed E-state index contributed by atoms with van der Waals surface area (Å²) in [5, 5.41) is 31.0. The van der Waals surface area contributed by atoms with Crippen LogP contribution in [0.4, 0.5) is 53.1 Å². The number of methoxy groups -OCH3 is 1. The molecule has 38 heavy (non-hydrogen) atoms. The first-order valence-corrected chi connectivity index (χ1v) is 10.3. The lowest BCUT2D eigenvalue weighted by molar-refractivity contribution is -0.416. The van der Waals surface area contributed by atoms with E-state index in [0.29, 0.717) is 0 Å². The second-order valence-corrected chi connectivity index (χ2v) is 7.95. The summed E-state index contributed by atoms with van der Waals surface area (Å²) in [5.41, 5.74) is 0. The van der Waals surface area contributed by atoms with Gasteiger partial charge in [0, 0.05) is 20.1 Å². The summed E-state index contributed by atoms with van der Waals surface area (Å²) >= 11 is 0. The molecular formula is C18H22F11NO8. The Balaban J connectivity index is 2.57. The van der Waals surface area contributed by atoms with Gasteiger partial charge in [0.2, 0.25) is 5.78 Å². The van der Waals surface area contributed by atoms with Crippen LogP contribution in [0.3, 0.4) is 0 Å². The fraction of sp³-hybridized carbons (Fsp3) is 0.889. The van der Waals surface area contributed by atoms with Crippen LogP contribution in [-0.2, 0) is 19.0 Å². The molecule has 0 aromatic heterocycles. The van der Waals surface area contributed by atoms with Crippen LogP contribution in [0.5, 0.6) is 0 Å². The van der Waals surface area contributed by atoms with Gasteiger partial charge in [0.25, 0.3) is 0 Å². The third-order valence-electron chi connectivity index (χ3n) is 5.27. The molecule has 1 fully saturated rings. The number of nitrogens with one attached hydrogen (secondary N) is 1. The molecule has 4 N–H and O–H groups in total. The maximum absolute atomic E-state index is 13.6. The van der Waals surface area contributed by atoms with E-state index in [4.69, 9.17) is 9.47 Å². The fourth-order valence-electron chi connectivity index (χ4n) is 2.96. The molecule has 1 rings (SSSR count). The smallest absolute Gasteiger partial charge is 0.447 e. The van der Waals surface area contributed by atoms with E-state index in [1.54, 1.807) is 0 Å². The van der Waals surface area contributed by atoms with Crippen LogP contribution in [-0.4, -0.2) is 108 Å². The summed E-state index contributed by atoms with van der Waals surface area (Å²) in [4.78, 5) is 23.0. The number of unbranched alkanes of at least 4 members (excludes halogenated alkanes) is 1. The van der Waals surface area contributed by atoms with Gasteiger partial charge < -0.3 is 34.8 Å². The Morgan fingerprint density at radius 1 is 0.816 bits per heavy atom. The number of aliphatic hydroxyl groups excluding tert-OH is 3. The molecule has 1 heterocycles. The lowest BCUT2D eigenvalue weighted by Crippen LogP contribution is -2.68. The number of halogens is 11. The Morgan fingerprint density at radius 3 is 1.87 bits per heavy atom. The van der Waals surface area contributed by atoms with Gasteiger partial charge in [-0.3, -0.25) is 4.79 Å². The fourth-order valence-corrected chi connectivity index (χ4v) is 2.96. The number of ketones is 1. The molecule has 1 aliphatic heterocycles. The molecule has 0 spiro atoms. The molecule has 9 nitrogen and oxygen atoms in total. The van der Waals surface area contributed by atoms with E-state index in [1.165, 1.54) is 0 Å². The maximum atomic E-state index is 13.6. The van der Waals surface area contributed by atoms with Crippen molar-refractivity contribution in [2.75, 3.05) is 20.3 Å². The topological polar surface area (TPSA) is 135 Å². The van der Waals surface area contributed by atoms with Crippen molar-refractivity contribution in [1.82, 2.24) is 5.32 Å². The normalized spacial score (nSPS) is 25.7. The summed E-state index contributed by atoms with van der Waals surface area (Å²) in [6, 6.07) is 0. The quantitative estimate of drug-likeness (QED) is 0.201. The maximum Gasteiger partial charge on any atom is 0.460 e. The Kier molecular flexibility index (Phi) is 10.7. The Labute approximate surface area is 205 Å². The lowest BCUT2D eigenvalue weighted by atomic mass is 9.93. The van der Waals surface area contributed by atoms with Crippen molar-refractivity contribution in [3.8, 4) is 0 Å². The highest BCUT2D eigenvalue weighted by Crippen LogP contribution is 2.57. The highest BCUT2D eigenvalue weighted by Gasteiger charge is 2.88. The van der Waals surface area contributed by atoms with Gasteiger partial charge in [-0.2, -0.15) is 48.3 Å². The standard InChI is InChI=1S/C18H22F11NO8/c1-36-12-11(34)10(33)9(32)7(38-12)6-37-13(35)30-5-3-2-4-8(31)14(19,20)15(21,22)16(23,24)17(25,26)18(27,28)29/h7,9-12,32-34H,2-6H2,1H3,(H,30,35)/t7-,9-,10+,11-,12+/m1/s1. The van der Waals surface area contributed by atoms with Crippen molar-refractivity contribution in [2.24, 2.45) is 0 Å². The number of carbonyl (C=O) groups excluding carboxylic acids is 2.